The molecule has 0 saturated carbocycles. The van der Waals surface area contributed by atoms with Gasteiger partial charge in [-0.3, -0.25) is 10.1 Å². The SMILES string of the molecule is CCCCCCN1C(=O)C(CCCC)NC1CC(C)C. The van der Waals surface area contributed by atoms with Gasteiger partial charge in [0.25, 0.3) is 0 Å². The second kappa shape index (κ2) is 9.38. The van der Waals surface area contributed by atoms with Crippen LogP contribution in [-0.2, 0) is 4.79 Å². The Bertz CT molecular complexity index is 278. The van der Waals surface area contributed by atoms with Crippen LogP contribution in [0.2, 0.25) is 0 Å². The van der Waals surface area contributed by atoms with Crippen LogP contribution in [0.15, 0.2) is 0 Å². The smallest absolute Gasteiger partial charge is 0.241 e. The summed E-state index contributed by atoms with van der Waals surface area (Å²) in [6, 6.07) is 0.0740. The summed E-state index contributed by atoms with van der Waals surface area (Å²) < 4.78 is 0. The molecule has 1 aliphatic heterocycles. The summed E-state index contributed by atoms with van der Waals surface area (Å²) in [7, 11) is 0. The van der Waals surface area contributed by atoms with Gasteiger partial charge in [-0.05, 0) is 25.2 Å². The van der Waals surface area contributed by atoms with Crippen molar-refractivity contribution in [3.05, 3.63) is 0 Å². The van der Waals surface area contributed by atoms with E-state index < -0.39 is 0 Å². The van der Waals surface area contributed by atoms with Gasteiger partial charge in [0.05, 0.1) is 12.2 Å². The highest BCUT2D eigenvalue weighted by Crippen LogP contribution is 2.21. The Balaban J connectivity index is 2.52. The Kier molecular flexibility index (Phi) is 8.20. The van der Waals surface area contributed by atoms with Crippen molar-refractivity contribution in [3.8, 4) is 0 Å². The topological polar surface area (TPSA) is 32.3 Å². The molecule has 0 aromatic heterocycles. The summed E-state index contributed by atoms with van der Waals surface area (Å²) in [5.41, 5.74) is 0. The maximum atomic E-state index is 12.5. The van der Waals surface area contributed by atoms with Crippen molar-refractivity contribution in [1.29, 1.82) is 0 Å². The normalized spacial score (nSPS) is 23.1. The van der Waals surface area contributed by atoms with E-state index in [9.17, 15) is 4.79 Å². The Morgan fingerprint density at radius 2 is 1.80 bits per heavy atom. The molecule has 1 rings (SSSR count). The molecular formula is C17H34N2O. The lowest BCUT2D eigenvalue weighted by atomic mass is 10.1. The number of hydrogen-bond acceptors (Lipinski definition) is 2. The summed E-state index contributed by atoms with van der Waals surface area (Å²) in [6.45, 7) is 9.83. The average molecular weight is 282 g/mol. The fraction of sp³-hybridized carbons (Fsp3) is 0.941. The molecule has 3 nitrogen and oxygen atoms in total. The first-order valence-corrected chi connectivity index (χ1v) is 8.66. The van der Waals surface area contributed by atoms with Crippen LogP contribution in [0.3, 0.4) is 0 Å². The molecule has 2 atom stereocenters. The third-order valence-electron chi connectivity index (χ3n) is 4.14. The third-order valence-corrected chi connectivity index (χ3v) is 4.14. The zero-order chi connectivity index (χ0) is 15.0. The summed E-state index contributed by atoms with van der Waals surface area (Å²) in [4.78, 5) is 14.7. The molecule has 0 aliphatic carbocycles. The Morgan fingerprint density at radius 1 is 1.10 bits per heavy atom. The second-order valence-electron chi connectivity index (χ2n) is 6.60. The minimum Gasteiger partial charge on any atom is -0.326 e. The van der Waals surface area contributed by atoms with E-state index in [-0.39, 0.29) is 12.2 Å². The molecule has 0 bridgehead atoms. The Hall–Kier alpha value is -0.570. The van der Waals surface area contributed by atoms with Gasteiger partial charge in [0, 0.05) is 6.54 Å². The van der Waals surface area contributed by atoms with E-state index in [4.69, 9.17) is 0 Å². The lowest BCUT2D eigenvalue weighted by Crippen LogP contribution is -2.39. The zero-order valence-corrected chi connectivity index (χ0v) is 14.0. The highest BCUT2D eigenvalue weighted by molar-refractivity contribution is 5.84. The predicted molar refractivity (Wildman–Crippen MR) is 85.5 cm³/mol. The molecular weight excluding hydrogens is 248 g/mol. The van der Waals surface area contributed by atoms with Gasteiger partial charge in [0.1, 0.15) is 0 Å². The standard InChI is InChI=1S/C17H34N2O/c1-5-7-9-10-12-19-16(13-14(3)4)18-15(17(19)20)11-8-6-2/h14-16,18H,5-13H2,1-4H3. The molecule has 1 amide bonds. The minimum atomic E-state index is 0.0740. The van der Waals surface area contributed by atoms with Crippen LogP contribution in [-0.4, -0.2) is 29.6 Å². The second-order valence-corrected chi connectivity index (χ2v) is 6.60. The Morgan fingerprint density at radius 3 is 2.40 bits per heavy atom. The molecule has 0 aromatic rings. The van der Waals surface area contributed by atoms with Gasteiger partial charge < -0.3 is 4.90 Å². The fourth-order valence-corrected chi connectivity index (χ4v) is 2.98. The Labute approximate surface area is 125 Å². The van der Waals surface area contributed by atoms with Crippen molar-refractivity contribution in [1.82, 2.24) is 10.2 Å². The van der Waals surface area contributed by atoms with Crippen molar-refractivity contribution in [2.75, 3.05) is 6.54 Å². The van der Waals surface area contributed by atoms with Crippen molar-refractivity contribution >= 4 is 5.91 Å². The fourth-order valence-electron chi connectivity index (χ4n) is 2.98. The van der Waals surface area contributed by atoms with Crippen LogP contribution in [0.4, 0.5) is 0 Å². The van der Waals surface area contributed by atoms with Gasteiger partial charge >= 0.3 is 0 Å². The van der Waals surface area contributed by atoms with Gasteiger partial charge in [-0.15, -0.1) is 0 Å². The molecule has 0 aromatic carbocycles. The van der Waals surface area contributed by atoms with Crippen molar-refractivity contribution in [2.24, 2.45) is 5.92 Å². The first-order chi connectivity index (χ1) is 9.60. The molecule has 1 N–H and O–H groups in total. The van der Waals surface area contributed by atoms with Gasteiger partial charge in [-0.2, -0.15) is 0 Å². The number of carbonyl (C=O) groups excluding carboxylic acids is 1. The van der Waals surface area contributed by atoms with Crippen LogP contribution >= 0.6 is 0 Å². The monoisotopic (exact) mass is 282 g/mol. The molecule has 20 heavy (non-hydrogen) atoms. The molecule has 1 heterocycles. The summed E-state index contributed by atoms with van der Waals surface area (Å²) >= 11 is 0. The first-order valence-electron chi connectivity index (χ1n) is 8.66. The molecule has 3 heteroatoms. The molecule has 118 valence electrons. The van der Waals surface area contributed by atoms with E-state index in [1.807, 2.05) is 0 Å². The number of nitrogens with one attached hydrogen (secondary N) is 1. The largest absolute Gasteiger partial charge is 0.326 e. The highest BCUT2D eigenvalue weighted by Gasteiger charge is 2.37. The van der Waals surface area contributed by atoms with Gasteiger partial charge in [0.2, 0.25) is 5.91 Å². The molecule has 1 aliphatic rings. The number of carbonyl (C=O) groups is 1. The van der Waals surface area contributed by atoms with Crippen LogP contribution in [0.1, 0.15) is 79.1 Å². The van der Waals surface area contributed by atoms with Gasteiger partial charge in [0.15, 0.2) is 0 Å². The summed E-state index contributed by atoms with van der Waals surface area (Å²) in [5.74, 6) is 0.976. The van der Waals surface area contributed by atoms with Crippen LogP contribution in [0, 0.1) is 5.92 Å². The molecule has 1 saturated heterocycles. The van der Waals surface area contributed by atoms with E-state index >= 15 is 0 Å². The van der Waals surface area contributed by atoms with Crippen molar-refractivity contribution < 1.29 is 4.79 Å². The maximum absolute atomic E-state index is 12.5. The van der Waals surface area contributed by atoms with E-state index in [1.165, 1.54) is 19.3 Å². The zero-order valence-electron chi connectivity index (χ0n) is 14.0. The summed E-state index contributed by atoms with van der Waals surface area (Å²) in [5, 5.41) is 3.57. The number of nitrogens with zero attached hydrogens (tertiary/aromatic N) is 1. The lowest BCUT2D eigenvalue weighted by molar-refractivity contribution is -0.130. The van der Waals surface area contributed by atoms with Gasteiger partial charge in [-0.25, -0.2) is 0 Å². The molecule has 0 spiro atoms. The van der Waals surface area contributed by atoms with E-state index in [0.29, 0.717) is 11.8 Å². The van der Waals surface area contributed by atoms with Crippen molar-refractivity contribution in [2.45, 2.75) is 91.3 Å². The van der Waals surface area contributed by atoms with Gasteiger partial charge in [-0.1, -0.05) is 59.8 Å². The number of hydrogen-bond donors (Lipinski definition) is 1. The molecule has 2 unspecified atom stereocenters. The first kappa shape index (κ1) is 17.5. The number of amides is 1. The van der Waals surface area contributed by atoms with Crippen LogP contribution < -0.4 is 5.32 Å². The maximum Gasteiger partial charge on any atom is 0.241 e. The quantitative estimate of drug-likeness (QED) is 0.616. The predicted octanol–water partition coefficient (Wildman–Crippen LogP) is 3.93. The highest BCUT2D eigenvalue weighted by atomic mass is 16.2. The van der Waals surface area contributed by atoms with E-state index in [0.717, 1.165) is 38.6 Å². The van der Waals surface area contributed by atoms with Crippen LogP contribution in [0.25, 0.3) is 0 Å². The van der Waals surface area contributed by atoms with E-state index in [2.05, 4.69) is 37.9 Å². The van der Waals surface area contributed by atoms with Crippen LogP contribution in [0.5, 0.6) is 0 Å². The van der Waals surface area contributed by atoms with Crippen molar-refractivity contribution in [3.63, 3.8) is 0 Å². The summed E-state index contributed by atoms with van der Waals surface area (Å²) in [6.07, 6.45) is 9.57. The third kappa shape index (κ3) is 5.43. The molecule has 1 fully saturated rings. The average Bonchev–Trinajstić information content (AvgIpc) is 2.68. The molecule has 0 radical (unpaired) electrons. The minimum absolute atomic E-state index is 0.0740. The lowest BCUT2D eigenvalue weighted by Gasteiger charge is -2.25. The number of unbranched alkanes of at least 4 members (excludes halogenated alkanes) is 4. The number of rotatable bonds is 10. The van der Waals surface area contributed by atoms with E-state index in [1.54, 1.807) is 0 Å².